The average Bonchev–Trinajstić information content (AvgIpc) is 3.11. The first-order chi connectivity index (χ1) is 13.4. The molecule has 2 aromatic carbocycles. The fraction of sp³-hybridized carbons (Fsp3) is 0.227. The Morgan fingerprint density at radius 3 is 2.32 bits per heavy atom. The zero-order chi connectivity index (χ0) is 20.3. The van der Waals surface area contributed by atoms with Crippen LogP contribution >= 0.6 is 11.6 Å². The van der Waals surface area contributed by atoms with Crippen molar-refractivity contribution in [2.45, 2.75) is 26.7 Å². The fourth-order valence-electron chi connectivity index (χ4n) is 2.94. The predicted octanol–water partition coefficient (Wildman–Crippen LogP) is 5.10. The molecule has 6 heteroatoms. The van der Waals surface area contributed by atoms with E-state index in [0.29, 0.717) is 28.5 Å². The molecule has 0 N–H and O–H groups in total. The number of hydrogen-bond donors (Lipinski definition) is 0. The lowest BCUT2D eigenvalue weighted by Crippen LogP contribution is -2.25. The molecule has 144 valence electrons. The lowest BCUT2D eigenvalue weighted by atomic mass is 10.0. The summed E-state index contributed by atoms with van der Waals surface area (Å²) in [4.78, 5) is 25.8. The van der Waals surface area contributed by atoms with Gasteiger partial charge in [0, 0.05) is 25.1 Å². The highest BCUT2D eigenvalue weighted by Gasteiger charge is 2.14. The van der Waals surface area contributed by atoms with Crippen LogP contribution in [0.2, 0.25) is 5.02 Å². The van der Waals surface area contributed by atoms with Crippen molar-refractivity contribution in [2.24, 2.45) is 0 Å². The molecular formula is C22H21ClN2O3. The summed E-state index contributed by atoms with van der Waals surface area (Å²) in [6, 6.07) is 14.7. The predicted molar refractivity (Wildman–Crippen MR) is 110 cm³/mol. The van der Waals surface area contributed by atoms with Crippen molar-refractivity contribution in [3.8, 4) is 11.1 Å². The Labute approximate surface area is 168 Å². The number of amides is 1. The monoisotopic (exact) mass is 396 g/mol. The van der Waals surface area contributed by atoms with Gasteiger partial charge in [-0.05, 0) is 30.2 Å². The van der Waals surface area contributed by atoms with Crippen LogP contribution in [0.5, 0.6) is 0 Å². The van der Waals surface area contributed by atoms with Gasteiger partial charge in [0.2, 0.25) is 5.91 Å². The normalized spacial score (nSPS) is 10.7. The van der Waals surface area contributed by atoms with Crippen LogP contribution in [-0.2, 0) is 11.2 Å². The van der Waals surface area contributed by atoms with Crippen molar-refractivity contribution >= 4 is 29.0 Å². The summed E-state index contributed by atoms with van der Waals surface area (Å²) in [6.45, 7) is 3.63. The van der Waals surface area contributed by atoms with E-state index in [4.69, 9.17) is 16.1 Å². The van der Waals surface area contributed by atoms with Crippen LogP contribution < -0.4 is 4.90 Å². The highest BCUT2D eigenvalue weighted by atomic mass is 35.5. The van der Waals surface area contributed by atoms with Crippen LogP contribution in [0, 0.1) is 6.92 Å². The minimum atomic E-state index is -0.0317. The van der Waals surface area contributed by atoms with Gasteiger partial charge in [-0.15, -0.1) is 0 Å². The van der Waals surface area contributed by atoms with Crippen LogP contribution in [0.25, 0.3) is 11.1 Å². The number of halogens is 1. The molecule has 0 atom stereocenters. The number of carbonyl (C=O) groups is 2. The van der Waals surface area contributed by atoms with Gasteiger partial charge in [-0.2, -0.15) is 0 Å². The maximum atomic E-state index is 12.4. The number of aryl methyl sites for hydroxylation is 1. The summed E-state index contributed by atoms with van der Waals surface area (Å²) in [7, 11) is 1.71. The number of ketones is 1. The molecule has 5 nitrogen and oxygen atoms in total. The molecule has 0 spiro atoms. The first-order valence-corrected chi connectivity index (χ1v) is 9.38. The van der Waals surface area contributed by atoms with E-state index in [-0.39, 0.29) is 18.1 Å². The van der Waals surface area contributed by atoms with E-state index < -0.39 is 0 Å². The summed E-state index contributed by atoms with van der Waals surface area (Å²) < 4.78 is 5.10. The molecule has 0 aliphatic rings. The van der Waals surface area contributed by atoms with E-state index in [9.17, 15) is 9.59 Å². The Balaban J connectivity index is 1.77. The lowest BCUT2D eigenvalue weighted by molar-refractivity contribution is -0.118. The topological polar surface area (TPSA) is 63.4 Å². The van der Waals surface area contributed by atoms with E-state index in [1.165, 1.54) is 0 Å². The Bertz CT molecular complexity index is 1010. The second kappa shape index (κ2) is 8.40. The number of hydrogen-bond acceptors (Lipinski definition) is 4. The largest absolute Gasteiger partial charge is 0.361 e. The molecule has 0 saturated carbocycles. The van der Waals surface area contributed by atoms with E-state index in [0.717, 1.165) is 16.8 Å². The van der Waals surface area contributed by atoms with Gasteiger partial charge >= 0.3 is 0 Å². The number of rotatable bonds is 6. The smallest absolute Gasteiger partial charge is 0.226 e. The van der Waals surface area contributed by atoms with Gasteiger partial charge in [0.15, 0.2) is 5.78 Å². The van der Waals surface area contributed by atoms with Crippen LogP contribution in [0.15, 0.2) is 53.1 Å². The van der Waals surface area contributed by atoms with Crippen molar-refractivity contribution < 1.29 is 14.1 Å². The van der Waals surface area contributed by atoms with Gasteiger partial charge in [0.1, 0.15) is 5.76 Å². The second-order valence-electron chi connectivity index (χ2n) is 6.58. The van der Waals surface area contributed by atoms with Crippen LogP contribution in [0.3, 0.4) is 0 Å². The Morgan fingerprint density at radius 2 is 1.75 bits per heavy atom. The quantitative estimate of drug-likeness (QED) is 0.543. The molecule has 0 unspecified atom stereocenters. The van der Waals surface area contributed by atoms with Crippen molar-refractivity contribution in [1.82, 2.24) is 5.16 Å². The Kier molecular flexibility index (Phi) is 5.95. The van der Waals surface area contributed by atoms with Gasteiger partial charge in [-0.1, -0.05) is 54.0 Å². The van der Waals surface area contributed by atoms with Crippen LogP contribution in [0.4, 0.5) is 5.69 Å². The molecule has 0 bridgehead atoms. The van der Waals surface area contributed by atoms with Crippen molar-refractivity contribution in [3.63, 3.8) is 0 Å². The summed E-state index contributed by atoms with van der Waals surface area (Å²) in [6.07, 6.45) is 0.593. The number of nitrogens with zero attached hydrogens (tertiary/aromatic N) is 2. The van der Waals surface area contributed by atoms with Gasteiger partial charge in [0.05, 0.1) is 22.8 Å². The van der Waals surface area contributed by atoms with Gasteiger partial charge in [-0.3, -0.25) is 9.59 Å². The third-order valence-electron chi connectivity index (χ3n) is 4.54. The maximum absolute atomic E-state index is 12.4. The van der Waals surface area contributed by atoms with Crippen LogP contribution in [0.1, 0.15) is 35.2 Å². The van der Waals surface area contributed by atoms with E-state index >= 15 is 0 Å². The number of Topliss-reactive ketones (excluding diaryl/α,β-unsaturated/α-hetero) is 1. The van der Waals surface area contributed by atoms with Gasteiger partial charge in [0.25, 0.3) is 0 Å². The molecule has 3 rings (SSSR count). The Hall–Kier alpha value is -2.92. The molecule has 0 saturated heterocycles. The van der Waals surface area contributed by atoms with Crippen molar-refractivity contribution in [3.05, 3.63) is 70.6 Å². The minimum Gasteiger partial charge on any atom is -0.361 e. The fourth-order valence-corrected chi connectivity index (χ4v) is 3.25. The zero-order valence-electron chi connectivity index (χ0n) is 16.0. The van der Waals surface area contributed by atoms with Gasteiger partial charge in [-0.25, -0.2) is 0 Å². The first kappa shape index (κ1) is 19.8. The lowest BCUT2D eigenvalue weighted by Gasteiger charge is -2.18. The van der Waals surface area contributed by atoms with E-state index in [1.54, 1.807) is 30.1 Å². The Morgan fingerprint density at radius 1 is 1.07 bits per heavy atom. The maximum Gasteiger partial charge on any atom is 0.226 e. The molecule has 1 aromatic heterocycles. The summed E-state index contributed by atoms with van der Waals surface area (Å²) >= 11 is 6.38. The number of carbonyl (C=O) groups excluding carboxylic acids is 2. The summed E-state index contributed by atoms with van der Waals surface area (Å²) in [5, 5.41) is 4.30. The molecule has 3 aromatic rings. The summed E-state index contributed by atoms with van der Waals surface area (Å²) in [5.74, 6) is 0.523. The number of benzene rings is 2. The third-order valence-corrected chi connectivity index (χ3v) is 4.84. The number of aromatic nitrogens is 1. The third kappa shape index (κ3) is 4.31. The molecule has 1 amide bonds. The number of anilines is 1. The first-order valence-electron chi connectivity index (χ1n) is 9.01. The highest BCUT2D eigenvalue weighted by molar-refractivity contribution is 6.34. The molecule has 0 radical (unpaired) electrons. The highest BCUT2D eigenvalue weighted by Crippen LogP contribution is 2.31. The second-order valence-corrected chi connectivity index (χ2v) is 6.99. The van der Waals surface area contributed by atoms with E-state index in [1.807, 2.05) is 44.2 Å². The average molecular weight is 397 g/mol. The molecule has 0 aliphatic heterocycles. The van der Waals surface area contributed by atoms with Gasteiger partial charge < -0.3 is 9.42 Å². The van der Waals surface area contributed by atoms with E-state index in [2.05, 4.69) is 5.16 Å². The van der Waals surface area contributed by atoms with Crippen LogP contribution in [-0.4, -0.2) is 23.9 Å². The molecule has 28 heavy (non-hydrogen) atoms. The molecule has 0 aliphatic carbocycles. The zero-order valence-corrected chi connectivity index (χ0v) is 16.8. The SMILES string of the molecule is CCC(=O)N(C)c1ccc(-c2ccc(C(=O)Cc3cc(C)no3)cc2)cc1Cl. The summed E-state index contributed by atoms with van der Waals surface area (Å²) in [5.41, 5.74) is 3.88. The van der Waals surface area contributed by atoms with Crippen molar-refractivity contribution in [2.75, 3.05) is 11.9 Å². The molecular weight excluding hydrogens is 376 g/mol. The standard InChI is InChI=1S/C22H21ClN2O3/c1-4-22(27)25(3)20-10-9-17(12-19(20)23)15-5-7-16(8-6-15)21(26)13-18-11-14(2)24-28-18/h5-12H,4,13H2,1-3H3. The minimum absolute atomic E-state index is 0.000494. The molecule has 1 heterocycles. The van der Waals surface area contributed by atoms with Crippen molar-refractivity contribution in [1.29, 1.82) is 0 Å². The molecule has 0 fully saturated rings.